The second-order valence-corrected chi connectivity index (χ2v) is 7.71. The zero-order valence-corrected chi connectivity index (χ0v) is 16.0. The molecule has 0 unspecified atom stereocenters. The summed E-state index contributed by atoms with van der Waals surface area (Å²) in [6.45, 7) is 1.47. The maximum atomic E-state index is 13.3. The molecule has 1 fully saturated rings. The second kappa shape index (κ2) is 6.30. The number of urea groups is 1. The number of imide groups is 1. The van der Waals surface area contributed by atoms with Crippen LogP contribution in [0.4, 0.5) is 4.79 Å². The van der Waals surface area contributed by atoms with E-state index in [9.17, 15) is 14.4 Å². The molecule has 2 aromatic carbocycles. The van der Waals surface area contributed by atoms with Crippen molar-refractivity contribution in [2.45, 2.75) is 31.7 Å². The van der Waals surface area contributed by atoms with Gasteiger partial charge in [0, 0.05) is 10.9 Å². The Bertz CT molecular complexity index is 1180. The number of hydrogen-bond acceptors (Lipinski definition) is 4. The molecule has 6 heteroatoms. The Balaban J connectivity index is 1.47. The lowest BCUT2D eigenvalue weighted by atomic mass is 9.76. The van der Waals surface area contributed by atoms with Gasteiger partial charge < -0.3 is 9.73 Å². The minimum atomic E-state index is -1.07. The number of rotatable bonds is 3. The number of furan rings is 1. The molecule has 2 heterocycles. The normalized spacial score (nSPS) is 20.9. The maximum absolute atomic E-state index is 13.3. The molecule has 0 saturated carbocycles. The largest absolute Gasteiger partial charge is 0.453 e. The van der Waals surface area contributed by atoms with E-state index in [1.54, 1.807) is 6.07 Å². The summed E-state index contributed by atoms with van der Waals surface area (Å²) in [6, 6.07) is 14.5. The summed E-state index contributed by atoms with van der Waals surface area (Å²) < 4.78 is 5.72. The molecule has 1 spiro atoms. The van der Waals surface area contributed by atoms with Gasteiger partial charge in [0.1, 0.15) is 11.1 Å². The van der Waals surface area contributed by atoms with Crippen LogP contribution in [0.3, 0.4) is 0 Å². The van der Waals surface area contributed by atoms with Gasteiger partial charge in [-0.15, -0.1) is 0 Å². The van der Waals surface area contributed by atoms with Crippen LogP contribution in [-0.2, 0) is 16.8 Å². The van der Waals surface area contributed by atoms with E-state index in [0.29, 0.717) is 12.0 Å². The van der Waals surface area contributed by atoms with Crippen molar-refractivity contribution in [1.29, 1.82) is 0 Å². The Labute approximate surface area is 167 Å². The van der Waals surface area contributed by atoms with E-state index in [-0.39, 0.29) is 24.0 Å². The highest BCUT2D eigenvalue weighted by Gasteiger charge is 2.54. The summed E-state index contributed by atoms with van der Waals surface area (Å²) in [4.78, 5) is 40.0. The van der Waals surface area contributed by atoms with Crippen LogP contribution in [0.5, 0.6) is 0 Å². The molecule has 1 saturated heterocycles. The molecule has 5 rings (SSSR count). The van der Waals surface area contributed by atoms with Crippen LogP contribution >= 0.6 is 0 Å². The monoisotopic (exact) mass is 388 g/mol. The van der Waals surface area contributed by atoms with Gasteiger partial charge in [-0.05, 0) is 43.4 Å². The summed E-state index contributed by atoms with van der Waals surface area (Å²) in [7, 11) is 0. The number of ketones is 1. The number of aryl methyl sites for hydroxylation is 2. The van der Waals surface area contributed by atoms with Crippen molar-refractivity contribution in [3.05, 3.63) is 71.0 Å². The van der Waals surface area contributed by atoms with E-state index in [1.807, 2.05) is 49.4 Å². The molecular formula is C23H20N2O4. The van der Waals surface area contributed by atoms with E-state index in [0.717, 1.165) is 39.8 Å². The second-order valence-electron chi connectivity index (χ2n) is 7.71. The van der Waals surface area contributed by atoms with Crippen molar-refractivity contribution in [3.63, 3.8) is 0 Å². The van der Waals surface area contributed by atoms with Crippen molar-refractivity contribution in [1.82, 2.24) is 10.2 Å². The lowest BCUT2D eigenvalue weighted by molar-refractivity contribution is -0.131. The molecule has 146 valence electrons. The van der Waals surface area contributed by atoms with Crippen LogP contribution in [0, 0.1) is 6.92 Å². The fourth-order valence-corrected chi connectivity index (χ4v) is 4.61. The van der Waals surface area contributed by atoms with Crippen LogP contribution in [0.25, 0.3) is 11.0 Å². The fraction of sp³-hybridized carbons (Fsp3) is 0.261. The highest BCUT2D eigenvalue weighted by atomic mass is 16.3. The highest BCUT2D eigenvalue weighted by molar-refractivity contribution is 6.12. The number of carbonyl (C=O) groups is 3. The lowest BCUT2D eigenvalue weighted by Crippen LogP contribution is -2.46. The average molecular weight is 388 g/mol. The Morgan fingerprint density at radius 3 is 2.72 bits per heavy atom. The standard InChI is InChI=1S/C23H20N2O4/c1-14-16-9-3-5-11-19(16)29-20(14)18(26)13-25-21(27)23(24-22(25)28)12-6-8-15-7-2-4-10-17(15)23/h2-5,7,9-11H,6,8,12-13H2,1H3,(H,24,28)/t23-/m0/s1. The zero-order chi connectivity index (χ0) is 20.2. The third-order valence-corrected chi connectivity index (χ3v) is 6.05. The third kappa shape index (κ3) is 2.52. The molecule has 2 aliphatic rings. The minimum Gasteiger partial charge on any atom is -0.453 e. The van der Waals surface area contributed by atoms with E-state index < -0.39 is 11.6 Å². The van der Waals surface area contributed by atoms with Crippen LogP contribution in [-0.4, -0.2) is 29.2 Å². The number of nitrogens with zero attached hydrogens (tertiary/aromatic N) is 1. The van der Waals surface area contributed by atoms with Crippen molar-refractivity contribution in [2.75, 3.05) is 6.54 Å². The van der Waals surface area contributed by atoms with Crippen molar-refractivity contribution < 1.29 is 18.8 Å². The van der Waals surface area contributed by atoms with E-state index in [1.165, 1.54) is 0 Å². The smallest absolute Gasteiger partial charge is 0.325 e. The van der Waals surface area contributed by atoms with E-state index >= 15 is 0 Å². The minimum absolute atomic E-state index is 0.191. The summed E-state index contributed by atoms with van der Waals surface area (Å²) in [5, 5.41) is 3.73. The van der Waals surface area contributed by atoms with Gasteiger partial charge in [-0.25, -0.2) is 4.79 Å². The number of Topliss-reactive ketones (excluding diaryl/α,β-unsaturated/α-hetero) is 1. The first-order chi connectivity index (χ1) is 14.0. The number of para-hydroxylation sites is 1. The predicted molar refractivity (Wildman–Crippen MR) is 107 cm³/mol. The number of nitrogens with one attached hydrogen (secondary N) is 1. The summed E-state index contributed by atoms with van der Waals surface area (Å²) >= 11 is 0. The van der Waals surface area contributed by atoms with Crippen LogP contribution in [0.2, 0.25) is 0 Å². The Kier molecular flexibility index (Phi) is 3.84. The molecule has 1 aliphatic carbocycles. The van der Waals surface area contributed by atoms with Crippen molar-refractivity contribution in [2.24, 2.45) is 0 Å². The first-order valence-electron chi connectivity index (χ1n) is 9.75. The summed E-state index contributed by atoms with van der Waals surface area (Å²) in [5.74, 6) is -0.558. The van der Waals surface area contributed by atoms with Gasteiger partial charge in [0.15, 0.2) is 5.76 Å². The van der Waals surface area contributed by atoms with Gasteiger partial charge in [-0.2, -0.15) is 0 Å². The first-order valence-corrected chi connectivity index (χ1v) is 9.75. The van der Waals surface area contributed by atoms with Gasteiger partial charge in [-0.1, -0.05) is 42.5 Å². The van der Waals surface area contributed by atoms with Gasteiger partial charge in [0.2, 0.25) is 5.78 Å². The number of benzene rings is 2. The quantitative estimate of drug-likeness (QED) is 0.548. The Hall–Kier alpha value is -3.41. The summed E-state index contributed by atoms with van der Waals surface area (Å²) in [5.41, 5.74) is 2.15. The molecule has 1 atom stereocenters. The number of carbonyl (C=O) groups excluding carboxylic acids is 3. The van der Waals surface area contributed by atoms with Gasteiger partial charge in [0.05, 0.1) is 6.54 Å². The summed E-state index contributed by atoms with van der Waals surface area (Å²) in [6.07, 6.45) is 2.20. The Morgan fingerprint density at radius 2 is 1.90 bits per heavy atom. The van der Waals surface area contributed by atoms with E-state index in [4.69, 9.17) is 4.42 Å². The number of fused-ring (bicyclic) bond motifs is 3. The lowest BCUT2D eigenvalue weighted by Gasteiger charge is -2.33. The zero-order valence-electron chi connectivity index (χ0n) is 16.0. The Morgan fingerprint density at radius 1 is 1.14 bits per heavy atom. The molecule has 1 N–H and O–H groups in total. The van der Waals surface area contributed by atoms with Crippen LogP contribution in [0.1, 0.15) is 40.1 Å². The van der Waals surface area contributed by atoms with Crippen molar-refractivity contribution in [3.8, 4) is 0 Å². The topological polar surface area (TPSA) is 79.6 Å². The number of hydrogen-bond donors (Lipinski definition) is 1. The molecule has 29 heavy (non-hydrogen) atoms. The SMILES string of the molecule is Cc1c(C(=O)CN2C(=O)N[C@]3(CCCc4ccccc43)C2=O)oc2ccccc12. The molecule has 0 bridgehead atoms. The molecule has 3 aromatic rings. The van der Waals surface area contributed by atoms with Gasteiger partial charge >= 0.3 is 6.03 Å². The highest BCUT2D eigenvalue weighted by Crippen LogP contribution is 2.40. The third-order valence-electron chi connectivity index (χ3n) is 6.05. The first kappa shape index (κ1) is 17.7. The van der Waals surface area contributed by atoms with E-state index in [2.05, 4.69) is 5.32 Å². The average Bonchev–Trinajstić information content (AvgIpc) is 3.19. The molecule has 1 aliphatic heterocycles. The molecule has 6 nitrogen and oxygen atoms in total. The number of amides is 3. The molecule has 3 amide bonds. The fourth-order valence-electron chi connectivity index (χ4n) is 4.61. The van der Waals surface area contributed by atoms with Gasteiger partial charge in [0.25, 0.3) is 5.91 Å². The molecular weight excluding hydrogens is 368 g/mol. The van der Waals surface area contributed by atoms with Crippen LogP contribution in [0.15, 0.2) is 52.9 Å². The van der Waals surface area contributed by atoms with Crippen LogP contribution < -0.4 is 5.32 Å². The van der Waals surface area contributed by atoms with Gasteiger partial charge in [-0.3, -0.25) is 14.5 Å². The molecule has 0 radical (unpaired) electrons. The predicted octanol–water partition coefficient (Wildman–Crippen LogP) is 3.71. The van der Waals surface area contributed by atoms with Crippen molar-refractivity contribution >= 4 is 28.7 Å². The maximum Gasteiger partial charge on any atom is 0.325 e. The molecule has 1 aromatic heterocycles.